The van der Waals surface area contributed by atoms with Crippen LogP contribution in [0.4, 0.5) is 5.82 Å². The molecule has 1 fully saturated rings. The second-order valence-corrected chi connectivity index (χ2v) is 5.26. The number of rotatable bonds is 4. The molecule has 1 aliphatic rings. The third-order valence-corrected chi connectivity index (χ3v) is 3.93. The van der Waals surface area contributed by atoms with Crippen molar-refractivity contribution in [1.29, 1.82) is 0 Å². The highest BCUT2D eigenvalue weighted by molar-refractivity contribution is 5.71. The van der Waals surface area contributed by atoms with E-state index in [1.165, 1.54) is 18.4 Å². The molecule has 1 aromatic heterocycles. The highest BCUT2D eigenvalue weighted by atomic mass is 15.1. The van der Waals surface area contributed by atoms with Crippen LogP contribution in [-0.2, 0) is 13.0 Å². The fraction of sp³-hybridized carbons (Fsp3) is 0.438. The second kappa shape index (κ2) is 4.72. The predicted octanol–water partition coefficient (Wildman–Crippen LogP) is 3.59. The zero-order valence-corrected chi connectivity index (χ0v) is 11.7. The molecule has 0 amide bonds. The predicted molar refractivity (Wildman–Crippen MR) is 79.1 cm³/mol. The summed E-state index contributed by atoms with van der Waals surface area (Å²) in [5.41, 5.74) is 9.80. The number of hydrogen-bond acceptors (Lipinski definition) is 2. The van der Waals surface area contributed by atoms with E-state index < -0.39 is 0 Å². The first-order chi connectivity index (χ1) is 9.24. The van der Waals surface area contributed by atoms with Crippen LogP contribution >= 0.6 is 0 Å². The van der Waals surface area contributed by atoms with Gasteiger partial charge in [-0.05, 0) is 37.3 Å². The van der Waals surface area contributed by atoms with Gasteiger partial charge in [-0.3, -0.25) is 0 Å². The average molecular weight is 255 g/mol. The molecule has 0 radical (unpaired) electrons. The van der Waals surface area contributed by atoms with E-state index in [0.717, 1.165) is 41.8 Å². The first-order valence-electron chi connectivity index (χ1n) is 7.19. The highest BCUT2D eigenvalue weighted by Crippen LogP contribution is 2.41. The van der Waals surface area contributed by atoms with Gasteiger partial charge in [0.25, 0.3) is 0 Å². The molecule has 1 heterocycles. The summed E-state index contributed by atoms with van der Waals surface area (Å²) < 4.78 is 2.11. The standard InChI is InChI=1S/C16H21N3/c1-3-14-18-15(16(17)19(14)4-2)13-7-5-6-12(10-13)11-8-9-11/h5-7,10-11H,3-4,8-9,17H2,1-2H3. The van der Waals surface area contributed by atoms with E-state index in [2.05, 4.69) is 42.7 Å². The smallest absolute Gasteiger partial charge is 0.131 e. The monoisotopic (exact) mass is 255 g/mol. The third kappa shape index (κ3) is 2.14. The fourth-order valence-electron chi connectivity index (χ4n) is 2.71. The van der Waals surface area contributed by atoms with Crippen LogP contribution in [0.5, 0.6) is 0 Å². The van der Waals surface area contributed by atoms with Crippen molar-refractivity contribution in [2.75, 3.05) is 5.73 Å². The number of benzene rings is 1. The number of hydrogen-bond donors (Lipinski definition) is 1. The Balaban J connectivity index is 2.06. The first kappa shape index (κ1) is 12.3. The van der Waals surface area contributed by atoms with Gasteiger partial charge in [0.05, 0.1) is 0 Å². The van der Waals surface area contributed by atoms with Crippen molar-refractivity contribution >= 4 is 5.82 Å². The van der Waals surface area contributed by atoms with Gasteiger partial charge in [0.15, 0.2) is 0 Å². The number of nitrogen functional groups attached to an aromatic ring is 1. The SMILES string of the molecule is CCc1nc(-c2cccc(C3CC3)c2)c(N)n1CC. The summed E-state index contributed by atoms with van der Waals surface area (Å²) in [4.78, 5) is 4.73. The maximum absolute atomic E-state index is 6.26. The molecule has 3 heteroatoms. The van der Waals surface area contributed by atoms with Gasteiger partial charge in [-0.2, -0.15) is 0 Å². The Morgan fingerprint density at radius 3 is 2.68 bits per heavy atom. The summed E-state index contributed by atoms with van der Waals surface area (Å²) in [5.74, 6) is 2.64. The van der Waals surface area contributed by atoms with Gasteiger partial charge in [0, 0.05) is 18.5 Å². The minimum absolute atomic E-state index is 0.764. The van der Waals surface area contributed by atoms with E-state index in [0.29, 0.717) is 0 Å². The molecular weight excluding hydrogens is 234 g/mol. The Hall–Kier alpha value is -1.77. The number of nitrogens with zero attached hydrogens (tertiary/aromatic N) is 2. The van der Waals surface area contributed by atoms with Gasteiger partial charge in [-0.15, -0.1) is 0 Å². The van der Waals surface area contributed by atoms with Crippen LogP contribution in [0, 0.1) is 0 Å². The van der Waals surface area contributed by atoms with Gasteiger partial charge in [0.2, 0.25) is 0 Å². The normalized spacial score (nSPS) is 14.8. The number of aryl methyl sites for hydroxylation is 1. The molecule has 0 atom stereocenters. The molecule has 3 rings (SSSR count). The van der Waals surface area contributed by atoms with Gasteiger partial charge in [0.1, 0.15) is 17.3 Å². The van der Waals surface area contributed by atoms with Gasteiger partial charge < -0.3 is 10.3 Å². The lowest BCUT2D eigenvalue weighted by Gasteiger charge is -2.05. The van der Waals surface area contributed by atoms with E-state index in [4.69, 9.17) is 10.7 Å². The van der Waals surface area contributed by atoms with E-state index in [-0.39, 0.29) is 0 Å². The minimum atomic E-state index is 0.764. The summed E-state index contributed by atoms with van der Waals surface area (Å²) in [6.45, 7) is 5.12. The lowest BCUT2D eigenvalue weighted by molar-refractivity contribution is 0.713. The Morgan fingerprint density at radius 2 is 2.11 bits per heavy atom. The molecule has 19 heavy (non-hydrogen) atoms. The van der Waals surface area contributed by atoms with Crippen molar-refractivity contribution < 1.29 is 0 Å². The Morgan fingerprint density at radius 1 is 1.32 bits per heavy atom. The first-order valence-corrected chi connectivity index (χ1v) is 7.19. The number of nitrogens with two attached hydrogens (primary N) is 1. The molecule has 1 aliphatic carbocycles. The van der Waals surface area contributed by atoms with Crippen molar-refractivity contribution in [1.82, 2.24) is 9.55 Å². The maximum Gasteiger partial charge on any atom is 0.131 e. The van der Waals surface area contributed by atoms with Crippen molar-refractivity contribution in [2.24, 2.45) is 0 Å². The molecular formula is C16H21N3. The van der Waals surface area contributed by atoms with Crippen LogP contribution in [0.2, 0.25) is 0 Å². The van der Waals surface area contributed by atoms with Gasteiger partial charge >= 0.3 is 0 Å². The van der Waals surface area contributed by atoms with Crippen molar-refractivity contribution in [3.8, 4) is 11.3 Å². The number of aromatic nitrogens is 2. The fourth-order valence-corrected chi connectivity index (χ4v) is 2.71. The molecule has 0 bridgehead atoms. The largest absolute Gasteiger partial charge is 0.383 e. The van der Waals surface area contributed by atoms with E-state index in [9.17, 15) is 0 Å². The average Bonchev–Trinajstić information content (AvgIpc) is 3.23. The second-order valence-electron chi connectivity index (χ2n) is 5.26. The zero-order valence-electron chi connectivity index (χ0n) is 11.7. The summed E-state index contributed by atoms with van der Waals surface area (Å²) in [7, 11) is 0. The Labute approximate surface area is 114 Å². The molecule has 1 saturated carbocycles. The molecule has 0 unspecified atom stereocenters. The minimum Gasteiger partial charge on any atom is -0.383 e. The summed E-state index contributed by atoms with van der Waals surface area (Å²) in [6, 6.07) is 8.72. The molecule has 1 aromatic carbocycles. The van der Waals surface area contributed by atoms with Crippen LogP contribution < -0.4 is 5.73 Å². The lowest BCUT2D eigenvalue weighted by atomic mass is 10.1. The summed E-state index contributed by atoms with van der Waals surface area (Å²) in [5, 5.41) is 0. The quantitative estimate of drug-likeness (QED) is 0.907. The molecule has 0 spiro atoms. The van der Waals surface area contributed by atoms with Crippen LogP contribution in [0.15, 0.2) is 24.3 Å². The Bertz CT molecular complexity index is 594. The van der Waals surface area contributed by atoms with Crippen LogP contribution in [0.25, 0.3) is 11.3 Å². The van der Waals surface area contributed by atoms with Crippen LogP contribution in [-0.4, -0.2) is 9.55 Å². The van der Waals surface area contributed by atoms with E-state index in [1.54, 1.807) is 0 Å². The topological polar surface area (TPSA) is 43.8 Å². The van der Waals surface area contributed by atoms with Crippen LogP contribution in [0.1, 0.15) is 44.0 Å². The van der Waals surface area contributed by atoms with E-state index in [1.807, 2.05) is 0 Å². The van der Waals surface area contributed by atoms with Crippen molar-refractivity contribution in [3.63, 3.8) is 0 Å². The van der Waals surface area contributed by atoms with Gasteiger partial charge in [-0.25, -0.2) is 4.98 Å². The zero-order chi connectivity index (χ0) is 13.4. The molecule has 2 aromatic rings. The maximum atomic E-state index is 6.26. The molecule has 3 nitrogen and oxygen atoms in total. The Kier molecular flexibility index (Phi) is 3.05. The molecule has 0 saturated heterocycles. The van der Waals surface area contributed by atoms with Crippen molar-refractivity contribution in [3.05, 3.63) is 35.7 Å². The lowest BCUT2D eigenvalue weighted by Crippen LogP contribution is -2.04. The third-order valence-electron chi connectivity index (χ3n) is 3.93. The molecule has 2 N–H and O–H groups in total. The van der Waals surface area contributed by atoms with Crippen molar-refractivity contribution in [2.45, 2.75) is 45.6 Å². The van der Waals surface area contributed by atoms with Gasteiger partial charge in [-0.1, -0.05) is 25.1 Å². The number of anilines is 1. The molecule has 0 aliphatic heterocycles. The van der Waals surface area contributed by atoms with Crippen LogP contribution in [0.3, 0.4) is 0 Å². The van der Waals surface area contributed by atoms with E-state index >= 15 is 0 Å². The highest BCUT2D eigenvalue weighted by Gasteiger charge is 2.24. The molecule has 100 valence electrons. The number of imidazole rings is 1. The summed E-state index contributed by atoms with van der Waals surface area (Å²) >= 11 is 0. The summed E-state index contributed by atoms with van der Waals surface area (Å²) in [6.07, 6.45) is 3.56.